The number of aliphatic hydroxyl groups excluding tert-OH is 9. The van der Waals surface area contributed by atoms with Gasteiger partial charge >= 0.3 is 23.5 Å². The first-order valence-electron chi connectivity index (χ1n) is 40.7. The Balaban J connectivity index is 0.00000449. The van der Waals surface area contributed by atoms with E-state index in [-0.39, 0.29) is 168 Å². The van der Waals surface area contributed by atoms with Crippen LogP contribution in [0.2, 0.25) is 0 Å². The zero-order valence-electron chi connectivity index (χ0n) is 68.7. The average molecular weight is 1730 g/mol. The first-order valence-corrected chi connectivity index (χ1v) is 45.2. The second-order valence-electron chi connectivity index (χ2n) is 30.4. The number of methoxy groups -OCH3 is 1. The van der Waals surface area contributed by atoms with Crippen molar-refractivity contribution in [1.82, 2.24) is 20.0 Å². The number of unbranched alkanes of at least 4 members (excludes halogenated alkanes) is 3. The number of amides is 4. The second-order valence-corrected chi connectivity index (χ2v) is 34.6. The van der Waals surface area contributed by atoms with Gasteiger partial charge in [0.1, 0.15) is 48.8 Å². The summed E-state index contributed by atoms with van der Waals surface area (Å²) in [5, 5.41) is 92.5. The molecule has 115 heavy (non-hydrogen) atoms. The number of nitrogens with zero attached hydrogens (tertiary/aromatic N) is 3. The maximum absolute atomic E-state index is 13.1. The van der Waals surface area contributed by atoms with Crippen LogP contribution in [-0.4, -0.2) is 349 Å². The predicted molar refractivity (Wildman–Crippen MR) is 410 cm³/mol. The highest BCUT2D eigenvalue weighted by atomic mass is 31.2. The average Bonchev–Trinajstić information content (AvgIpc) is 0.896. The summed E-state index contributed by atoms with van der Waals surface area (Å²) >= 11 is 0. The van der Waals surface area contributed by atoms with Gasteiger partial charge in [0.2, 0.25) is 23.6 Å². The van der Waals surface area contributed by atoms with Gasteiger partial charge < -0.3 is 128 Å². The van der Waals surface area contributed by atoms with E-state index < -0.39 is 165 Å². The van der Waals surface area contributed by atoms with Crippen LogP contribution >= 0.6 is 23.5 Å². The molecule has 6 fully saturated rings. The molecule has 6 heterocycles. The van der Waals surface area contributed by atoms with Gasteiger partial charge in [-0.25, -0.2) is 13.7 Å². The van der Waals surface area contributed by atoms with E-state index in [1.165, 1.54) is 14.0 Å². The van der Waals surface area contributed by atoms with Gasteiger partial charge in [0.05, 0.1) is 102 Å². The van der Waals surface area contributed by atoms with Crippen molar-refractivity contribution in [3.63, 3.8) is 0 Å². The SMILES string of the molecule is CC.CC(C)C.COCC(COCCCOP(=O)(O)OC1CCN(C(=O)CCCCO[C@@H]2OC(CO)[C@H](O)[C@H](O)C2C)CC1)(COCCCOP(=O)(O)OC1CCN(C(=O)CCCCO[C@@H]2OC(CO)[C@H](O)[C@H](O)C2C)CC1)COCCCOP(=O)(O)OC1CCN(C(=O)CCCCO[C@@H]2OC(CO)[C@H](O)[C@H](O)C2NC(C)=O)CC1. The fourth-order valence-corrected chi connectivity index (χ4v) is 16.4. The minimum Gasteiger partial charge on any atom is -0.394 e. The Morgan fingerprint density at radius 1 is 0.435 bits per heavy atom. The van der Waals surface area contributed by atoms with Gasteiger partial charge in [-0.05, 0) is 102 Å². The van der Waals surface area contributed by atoms with E-state index in [1.54, 1.807) is 28.5 Å². The highest BCUT2D eigenvalue weighted by molar-refractivity contribution is 7.48. The summed E-state index contributed by atoms with van der Waals surface area (Å²) in [5.41, 5.74) is -0.999. The van der Waals surface area contributed by atoms with Crippen LogP contribution in [0, 0.1) is 23.2 Å². The van der Waals surface area contributed by atoms with Gasteiger partial charge in [0, 0.05) is 124 Å². The number of phosphoric acid groups is 3. The fourth-order valence-electron chi connectivity index (χ4n) is 13.4. The van der Waals surface area contributed by atoms with Gasteiger partial charge in [0.25, 0.3) is 0 Å². The van der Waals surface area contributed by atoms with Crippen molar-refractivity contribution in [2.24, 2.45) is 23.2 Å². The molecule has 0 radical (unpaired) electrons. The van der Waals surface area contributed by atoms with Gasteiger partial charge in [-0.1, -0.05) is 48.5 Å². The summed E-state index contributed by atoms with van der Waals surface area (Å²) in [6.45, 7) is 15.0. The van der Waals surface area contributed by atoms with E-state index in [4.69, 9.17) is 74.5 Å². The Hall–Kier alpha value is -2.55. The third-order valence-corrected chi connectivity index (χ3v) is 23.0. The Morgan fingerprint density at radius 3 is 1.01 bits per heavy atom. The van der Waals surface area contributed by atoms with Crippen LogP contribution < -0.4 is 5.32 Å². The number of ether oxygens (including phenoxy) is 10. The lowest BCUT2D eigenvalue weighted by Gasteiger charge is -2.42. The van der Waals surface area contributed by atoms with Crippen molar-refractivity contribution in [3.8, 4) is 0 Å². The number of piperidine rings is 3. The molecular formula is C73H139N4O35P3. The molecule has 0 spiro atoms. The van der Waals surface area contributed by atoms with Crippen molar-refractivity contribution >= 4 is 47.1 Å². The van der Waals surface area contributed by atoms with Crippen molar-refractivity contribution in [1.29, 1.82) is 0 Å². The monoisotopic (exact) mass is 1720 g/mol. The topological polar surface area (TPSA) is 532 Å². The molecule has 6 aliphatic rings. The van der Waals surface area contributed by atoms with E-state index in [0.29, 0.717) is 90.4 Å². The summed E-state index contributed by atoms with van der Waals surface area (Å²) in [4.78, 5) is 87.7. The number of nitrogens with one attached hydrogen (secondary N) is 1. The quantitative estimate of drug-likeness (QED) is 0.0307. The number of hydrogen-bond acceptors (Lipinski definition) is 32. The molecule has 9 unspecified atom stereocenters. The smallest absolute Gasteiger partial charge is 0.394 e. The molecule has 0 saturated carbocycles. The van der Waals surface area contributed by atoms with Crippen LogP contribution in [0.4, 0.5) is 0 Å². The Kier molecular flexibility index (Phi) is 50.6. The highest BCUT2D eigenvalue weighted by Crippen LogP contribution is 2.48. The molecule has 0 aromatic rings. The number of carbonyl (C=O) groups is 4. The van der Waals surface area contributed by atoms with Gasteiger partial charge in [-0.2, -0.15) is 0 Å². The molecule has 6 saturated heterocycles. The maximum Gasteiger partial charge on any atom is 0.472 e. The van der Waals surface area contributed by atoms with E-state index >= 15 is 0 Å². The molecule has 676 valence electrons. The summed E-state index contributed by atoms with van der Waals surface area (Å²) in [6, 6.07) is -1.09. The molecule has 39 nitrogen and oxygen atoms in total. The van der Waals surface area contributed by atoms with Crippen LogP contribution in [0.5, 0.6) is 0 Å². The summed E-state index contributed by atoms with van der Waals surface area (Å²) in [7, 11) is -12.2. The molecule has 0 aromatic heterocycles. The van der Waals surface area contributed by atoms with E-state index in [1.807, 2.05) is 13.8 Å². The van der Waals surface area contributed by atoms with E-state index in [9.17, 15) is 93.5 Å². The third kappa shape index (κ3) is 38.8. The van der Waals surface area contributed by atoms with Gasteiger partial charge in [-0.3, -0.25) is 46.3 Å². The number of hydrogen-bond donors (Lipinski definition) is 13. The van der Waals surface area contributed by atoms with Crippen LogP contribution in [0.1, 0.15) is 171 Å². The highest BCUT2D eigenvalue weighted by Gasteiger charge is 2.47. The molecule has 13 N–H and O–H groups in total. The lowest BCUT2D eigenvalue weighted by molar-refractivity contribution is -0.282. The molecule has 6 rings (SSSR count). The number of likely N-dealkylation sites (tertiary alicyclic amines) is 3. The number of carbonyl (C=O) groups excluding carboxylic acids is 4. The summed E-state index contributed by atoms with van der Waals surface area (Å²) < 4.78 is 129. The molecule has 42 heteroatoms. The molecule has 0 bridgehead atoms. The lowest BCUT2D eigenvalue weighted by atomic mass is 9.92. The fraction of sp³-hybridized carbons (Fsp3) is 0.945. The van der Waals surface area contributed by atoms with Crippen LogP contribution in [0.15, 0.2) is 0 Å². The minimum absolute atomic E-state index is 0.0228. The van der Waals surface area contributed by atoms with Crippen molar-refractivity contribution in [3.05, 3.63) is 0 Å². The van der Waals surface area contributed by atoms with Crippen LogP contribution in [-0.2, 0) is 107 Å². The minimum atomic E-state index is -4.56. The number of rotatable bonds is 51. The summed E-state index contributed by atoms with van der Waals surface area (Å²) in [5.74, 6) is -1.08. The normalized spacial score (nSPS) is 28.8. The molecule has 4 amide bonds. The van der Waals surface area contributed by atoms with Crippen molar-refractivity contribution < 1.29 is 168 Å². The van der Waals surface area contributed by atoms with Crippen LogP contribution in [0.25, 0.3) is 0 Å². The van der Waals surface area contributed by atoms with Crippen molar-refractivity contribution in [2.75, 3.05) is 152 Å². The first-order chi connectivity index (χ1) is 54.7. The second kappa shape index (κ2) is 55.5. The van der Waals surface area contributed by atoms with Crippen molar-refractivity contribution in [2.45, 2.75) is 269 Å². The maximum atomic E-state index is 13.1. The molecule has 0 aliphatic carbocycles. The molecule has 18 atom stereocenters. The first kappa shape index (κ1) is 105. The van der Waals surface area contributed by atoms with E-state index in [2.05, 4.69) is 26.1 Å². The van der Waals surface area contributed by atoms with Gasteiger partial charge in [-0.15, -0.1) is 0 Å². The van der Waals surface area contributed by atoms with E-state index in [0.717, 1.165) is 5.92 Å². The molecule has 0 aromatic carbocycles. The predicted octanol–water partition coefficient (Wildman–Crippen LogP) is 2.56. The zero-order valence-corrected chi connectivity index (χ0v) is 71.4. The van der Waals surface area contributed by atoms with Crippen LogP contribution in [0.3, 0.4) is 0 Å². The largest absolute Gasteiger partial charge is 0.472 e. The molecule has 6 aliphatic heterocycles. The Bertz CT molecular complexity index is 2710. The third-order valence-electron chi connectivity index (χ3n) is 19.8. The zero-order chi connectivity index (χ0) is 85.3. The lowest BCUT2D eigenvalue weighted by Crippen LogP contribution is -2.64. The standard InChI is InChI=1S/C67H123N4O35P3.C4H10.C2H6/c1-45-58(79)60(81)51(38-72)101-64(45)95-32-8-5-14-54(76)69-23-17-48(18-24-69)104-107(85,86)98-35-11-29-92-42-67(41-91-4,43-93-30-12-36-99-108(87,88)105-49-19-25-70(26-20-49)55(77)15-6-9-33-96-65-46(2)59(80)61(82)52(39-73)102-65)44-94-31-13-37-100-109(89,90)106-50-21-27-71(28-22-50)56(78)16-7-10-34-97-66-57(68-47(3)75)63(84)62(83)53(40-74)103-66;1-4(2)3;1-2/h45-46,48-53,57-66,72-74,79-84H,5-44H2,1-4H3,(H,68,75)(H,85,86)(H,87,88)(H,89,90);4H,1-3H3;1-2H3/t45?,46?,51?,52?,53?,57?,58-,59-,60+,61+,62+,63-,64-,65-,66-,67?;;/m1../s1. The number of phosphoric ester groups is 3. The Morgan fingerprint density at radius 2 is 0.722 bits per heavy atom. The van der Waals surface area contributed by atoms with Gasteiger partial charge in [0.15, 0.2) is 18.9 Å². The molecular weight excluding hydrogens is 1590 g/mol. The Labute approximate surface area is 676 Å². The number of aliphatic hydroxyl groups is 9. The summed E-state index contributed by atoms with van der Waals surface area (Å²) in [6.07, 6.45) is -9.99.